The Morgan fingerprint density at radius 2 is 1.57 bits per heavy atom. The summed E-state index contributed by atoms with van der Waals surface area (Å²) in [5.74, 6) is 0.730. The van der Waals surface area contributed by atoms with Crippen molar-refractivity contribution in [1.82, 2.24) is 0 Å². The molecule has 3 nitrogen and oxygen atoms in total. The predicted molar refractivity (Wildman–Crippen MR) is 96.6 cm³/mol. The molecule has 1 radical (unpaired) electrons. The second-order valence-electron chi connectivity index (χ2n) is 6.74. The van der Waals surface area contributed by atoms with Gasteiger partial charge in [0.25, 0.3) is 10.1 Å². The molecule has 1 N–H and O–H groups in total. The van der Waals surface area contributed by atoms with Crippen LogP contribution in [0, 0.1) is 11.8 Å². The zero-order chi connectivity index (χ0) is 16.5. The van der Waals surface area contributed by atoms with Crippen LogP contribution in [-0.2, 0) is 23.0 Å². The first-order valence-electron chi connectivity index (χ1n) is 7.71. The minimum Gasteiger partial charge on any atom is -0.282 e. The molecule has 2 aromatic carbocycles. The maximum atomic E-state index is 12.0. The fourth-order valence-corrected chi connectivity index (χ4v) is 3.95. The number of hydrogen-bond acceptors (Lipinski definition) is 2. The van der Waals surface area contributed by atoms with E-state index in [0.717, 1.165) is 22.9 Å². The first kappa shape index (κ1) is 20.7. The third kappa shape index (κ3) is 5.04. The van der Waals surface area contributed by atoms with Crippen molar-refractivity contribution in [2.75, 3.05) is 0 Å². The van der Waals surface area contributed by atoms with Gasteiger partial charge in [-0.1, -0.05) is 58.0 Å². The molecule has 0 saturated heterocycles. The molecule has 0 aliphatic heterocycles. The van der Waals surface area contributed by atoms with Gasteiger partial charge in [-0.3, -0.25) is 4.55 Å². The Morgan fingerprint density at radius 3 is 2.09 bits per heavy atom. The molecular formula is C18H24NaO3S. The quantitative estimate of drug-likeness (QED) is 0.657. The predicted octanol–water partition coefficient (Wildman–Crippen LogP) is 4.10. The van der Waals surface area contributed by atoms with Crippen LogP contribution in [0.4, 0.5) is 0 Å². The Balaban J connectivity index is 0.00000264. The number of hydrogen-bond donors (Lipinski definition) is 1. The molecular weight excluding hydrogens is 319 g/mol. The topological polar surface area (TPSA) is 54.4 Å². The van der Waals surface area contributed by atoms with Crippen molar-refractivity contribution in [2.45, 2.75) is 45.4 Å². The van der Waals surface area contributed by atoms with Gasteiger partial charge in [0.2, 0.25) is 0 Å². The van der Waals surface area contributed by atoms with Crippen molar-refractivity contribution < 1.29 is 13.0 Å². The van der Waals surface area contributed by atoms with E-state index in [0.29, 0.717) is 23.6 Å². The molecule has 23 heavy (non-hydrogen) atoms. The minimum absolute atomic E-state index is 0. The number of benzene rings is 2. The summed E-state index contributed by atoms with van der Waals surface area (Å²) in [6.45, 7) is 8.34. The van der Waals surface area contributed by atoms with E-state index < -0.39 is 10.1 Å². The van der Waals surface area contributed by atoms with Gasteiger partial charge in [-0.25, -0.2) is 0 Å². The van der Waals surface area contributed by atoms with Crippen LogP contribution in [0.25, 0.3) is 10.8 Å². The van der Waals surface area contributed by atoms with Crippen LogP contribution in [-0.4, -0.2) is 42.5 Å². The molecule has 0 aromatic heterocycles. The van der Waals surface area contributed by atoms with Gasteiger partial charge in [0.05, 0.1) is 0 Å². The van der Waals surface area contributed by atoms with Crippen molar-refractivity contribution in [3.8, 4) is 0 Å². The number of rotatable bonds is 5. The van der Waals surface area contributed by atoms with Crippen molar-refractivity contribution >= 4 is 50.4 Å². The largest absolute Gasteiger partial charge is 0.295 e. The van der Waals surface area contributed by atoms with E-state index in [4.69, 9.17) is 0 Å². The van der Waals surface area contributed by atoms with Gasteiger partial charge >= 0.3 is 0 Å². The van der Waals surface area contributed by atoms with Crippen LogP contribution >= 0.6 is 0 Å². The maximum Gasteiger partial charge on any atom is 0.295 e. The summed E-state index contributed by atoms with van der Waals surface area (Å²) in [6, 6.07) is 9.42. The molecule has 121 valence electrons. The van der Waals surface area contributed by atoms with Gasteiger partial charge in [0.1, 0.15) is 4.90 Å². The summed E-state index contributed by atoms with van der Waals surface area (Å²) in [4.78, 5) is 0.0925. The molecule has 0 bridgehead atoms. The molecule has 0 heterocycles. The Labute approximate surface area is 161 Å². The molecule has 0 fully saturated rings. The van der Waals surface area contributed by atoms with Gasteiger partial charge in [0, 0.05) is 34.9 Å². The minimum atomic E-state index is -4.26. The Morgan fingerprint density at radius 1 is 1.00 bits per heavy atom. The first-order chi connectivity index (χ1) is 10.2. The third-order valence-corrected chi connectivity index (χ3v) is 4.68. The average Bonchev–Trinajstić information content (AvgIpc) is 2.36. The van der Waals surface area contributed by atoms with E-state index in [1.807, 2.05) is 12.1 Å². The first-order valence-corrected chi connectivity index (χ1v) is 9.15. The average molecular weight is 343 g/mol. The van der Waals surface area contributed by atoms with Crippen LogP contribution in [0.1, 0.15) is 38.8 Å². The van der Waals surface area contributed by atoms with Gasteiger partial charge in [-0.05, 0) is 41.2 Å². The summed E-state index contributed by atoms with van der Waals surface area (Å²) >= 11 is 0. The Bertz CT molecular complexity index is 780. The van der Waals surface area contributed by atoms with Gasteiger partial charge in [-0.2, -0.15) is 8.42 Å². The van der Waals surface area contributed by atoms with E-state index in [1.165, 1.54) is 0 Å². The standard InChI is InChI=1S/C18H24O3S.Na/c1-12(2)9-15-11-14-7-5-6-8-16(14)18(22(19,20)21)17(15)10-13(3)4;/h5-8,11-13H,9-10H2,1-4H3,(H,19,20,21);. The molecule has 0 atom stereocenters. The molecule has 0 aliphatic carbocycles. The summed E-state index contributed by atoms with van der Waals surface area (Å²) in [6.07, 6.45) is 1.44. The number of fused-ring (bicyclic) bond motifs is 1. The van der Waals surface area contributed by atoms with Crippen molar-refractivity contribution in [2.24, 2.45) is 11.8 Å². The third-order valence-electron chi connectivity index (χ3n) is 3.70. The van der Waals surface area contributed by atoms with Crippen LogP contribution < -0.4 is 0 Å². The zero-order valence-corrected chi connectivity index (χ0v) is 17.4. The van der Waals surface area contributed by atoms with Crippen molar-refractivity contribution in [3.05, 3.63) is 41.5 Å². The summed E-state index contributed by atoms with van der Waals surface area (Å²) in [5, 5.41) is 1.46. The van der Waals surface area contributed by atoms with Crippen LogP contribution in [0.3, 0.4) is 0 Å². The second-order valence-corrected chi connectivity index (χ2v) is 8.09. The van der Waals surface area contributed by atoms with Gasteiger partial charge in [-0.15, -0.1) is 0 Å². The monoisotopic (exact) mass is 343 g/mol. The van der Waals surface area contributed by atoms with E-state index in [2.05, 4.69) is 33.8 Å². The van der Waals surface area contributed by atoms with Crippen molar-refractivity contribution in [1.29, 1.82) is 0 Å². The molecule has 2 rings (SSSR count). The Hall–Kier alpha value is -0.390. The molecule has 5 heteroatoms. The van der Waals surface area contributed by atoms with Gasteiger partial charge < -0.3 is 0 Å². The van der Waals surface area contributed by atoms with E-state index in [-0.39, 0.29) is 34.5 Å². The smallest absolute Gasteiger partial charge is 0.282 e. The molecule has 2 aromatic rings. The maximum absolute atomic E-state index is 12.0. The summed E-state index contributed by atoms with van der Waals surface area (Å²) < 4.78 is 33.9. The van der Waals surface area contributed by atoms with Crippen molar-refractivity contribution in [3.63, 3.8) is 0 Å². The molecule has 0 saturated carbocycles. The van der Waals surface area contributed by atoms with Gasteiger partial charge in [0.15, 0.2) is 0 Å². The summed E-state index contributed by atoms with van der Waals surface area (Å²) in [5.41, 5.74) is 1.79. The normalized spacial score (nSPS) is 12.0. The van der Waals surface area contributed by atoms with E-state index >= 15 is 0 Å². The zero-order valence-electron chi connectivity index (χ0n) is 14.6. The fraction of sp³-hybridized carbons (Fsp3) is 0.444. The van der Waals surface area contributed by atoms with Crippen LogP contribution in [0.5, 0.6) is 0 Å². The Kier molecular flexibility index (Phi) is 7.30. The molecule has 0 spiro atoms. The van der Waals surface area contributed by atoms with Crippen LogP contribution in [0.2, 0.25) is 0 Å². The summed E-state index contributed by atoms with van der Waals surface area (Å²) in [7, 11) is -4.26. The molecule has 0 aliphatic rings. The molecule has 0 amide bonds. The second kappa shape index (κ2) is 8.13. The SMILES string of the molecule is CC(C)Cc1cc2ccccc2c(S(=O)(=O)O)c1CC(C)C.[Na]. The fourth-order valence-electron chi connectivity index (χ4n) is 2.96. The van der Waals surface area contributed by atoms with E-state index in [9.17, 15) is 13.0 Å². The van der Waals surface area contributed by atoms with Crippen LogP contribution in [0.15, 0.2) is 35.2 Å². The molecule has 0 unspecified atom stereocenters. The van der Waals surface area contributed by atoms with E-state index in [1.54, 1.807) is 12.1 Å².